The van der Waals surface area contributed by atoms with Crippen molar-refractivity contribution in [3.05, 3.63) is 0 Å². The molecule has 0 saturated carbocycles. The molecule has 0 aromatic rings. The summed E-state index contributed by atoms with van der Waals surface area (Å²) < 4.78 is 0. The highest BCUT2D eigenvalue weighted by atomic mass is 16.4. The Kier molecular flexibility index (Phi) is 5.53. The lowest BCUT2D eigenvalue weighted by Crippen LogP contribution is -2.33. The second kappa shape index (κ2) is 5.86. The van der Waals surface area contributed by atoms with Gasteiger partial charge in [0.05, 0.1) is 0 Å². The van der Waals surface area contributed by atoms with E-state index in [0.717, 1.165) is 13.0 Å². The molecule has 0 aliphatic heterocycles. The van der Waals surface area contributed by atoms with Crippen LogP contribution in [0.5, 0.6) is 0 Å². The molecule has 0 aromatic heterocycles. The van der Waals surface area contributed by atoms with Gasteiger partial charge in [0.2, 0.25) is 0 Å². The maximum atomic E-state index is 8.37. The Balaban J connectivity index is 3.60. The molecule has 0 amide bonds. The fourth-order valence-electron chi connectivity index (χ4n) is 1.12. The summed E-state index contributed by atoms with van der Waals surface area (Å²) in [6.45, 7) is 9.62. The smallest absolute Gasteiger partial charge is 0.140 e. The van der Waals surface area contributed by atoms with Gasteiger partial charge in [-0.1, -0.05) is 25.9 Å². The lowest BCUT2D eigenvalue weighted by Gasteiger charge is -2.20. The molecule has 1 unspecified atom stereocenters. The molecule has 84 valence electrons. The quantitative estimate of drug-likeness (QED) is 0.273. The van der Waals surface area contributed by atoms with Gasteiger partial charge in [-0.15, -0.1) is 0 Å². The molecule has 0 bridgehead atoms. The van der Waals surface area contributed by atoms with Crippen LogP contribution in [0, 0.1) is 5.41 Å². The zero-order valence-electron chi connectivity index (χ0n) is 9.67. The molecule has 4 N–H and O–H groups in total. The monoisotopic (exact) mass is 201 g/mol. The predicted octanol–water partition coefficient (Wildman–Crippen LogP) is 1.54. The van der Waals surface area contributed by atoms with Crippen LogP contribution in [0.1, 0.15) is 40.5 Å². The summed E-state index contributed by atoms with van der Waals surface area (Å²) >= 11 is 0. The Hall–Kier alpha value is -0.770. The van der Waals surface area contributed by atoms with Crippen molar-refractivity contribution < 1.29 is 5.21 Å². The molecule has 4 heteroatoms. The largest absolute Gasteiger partial charge is 0.409 e. The topological polar surface area (TPSA) is 70.6 Å². The van der Waals surface area contributed by atoms with Crippen LogP contribution in [0.15, 0.2) is 5.16 Å². The summed E-state index contributed by atoms with van der Waals surface area (Å²) in [6, 6.07) is 0.258. The highest BCUT2D eigenvalue weighted by Crippen LogP contribution is 2.17. The molecule has 14 heavy (non-hydrogen) atoms. The zero-order valence-corrected chi connectivity index (χ0v) is 9.67. The van der Waals surface area contributed by atoms with Crippen molar-refractivity contribution in [3.8, 4) is 0 Å². The van der Waals surface area contributed by atoms with E-state index in [1.807, 2.05) is 6.92 Å². The van der Waals surface area contributed by atoms with E-state index in [-0.39, 0.29) is 11.9 Å². The van der Waals surface area contributed by atoms with E-state index >= 15 is 0 Å². The third kappa shape index (κ3) is 7.86. The third-order valence-electron chi connectivity index (χ3n) is 2.01. The Morgan fingerprint density at radius 1 is 1.50 bits per heavy atom. The number of nitrogens with one attached hydrogen (secondary N) is 1. The number of nitrogens with zero attached hydrogens (tertiary/aromatic N) is 1. The molecule has 0 radical (unpaired) electrons. The van der Waals surface area contributed by atoms with Crippen molar-refractivity contribution in [2.75, 3.05) is 6.54 Å². The number of nitrogens with two attached hydrogens (primary N) is 1. The van der Waals surface area contributed by atoms with E-state index in [2.05, 4.69) is 31.2 Å². The van der Waals surface area contributed by atoms with Crippen LogP contribution in [0.3, 0.4) is 0 Å². The molecule has 0 heterocycles. The molecule has 0 rings (SSSR count). The molecular formula is C10H23N3O. The average molecular weight is 201 g/mol. The zero-order chi connectivity index (χ0) is 11.2. The Morgan fingerprint density at radius 2 is 2.07 bits per heavy atom. The summed E-state index contributed by atoms with van der Waals surface area (Å²) in [5, 5.41) is 14.6. The minimum Gasteiger partial charge on any atom is -0.409 e. The number of hydrogen-bond donors (Lipinski definition) is 3. The van der Waals surface area contributed by atoms with Gasteiger partial charge in [0.25, 0.3) is 0 Å². The van der Waals surface area contributed by atoms with Gasteiger partial charge < -0.3 is 16.3 Å². The molecule has 4 nitrogen and oxygen atoms in total. The molecular weight excluding hydrogens is 178 g/mol. The normalized spacial score (nSPS) is 15.6. The fraction of sp³-hybridized carbons (Fsp3) is 0.900. The van der Waals surface area contributed by atoms with Crippen molar-refractivity contribution in [3.63, 3.8) is 0 Å². The van der Waals surface area contributed by atoms with Gasteiger partial charge in [-0.3, -0.25) is 0 Å². The van der Waals surface area contributed by atoms with Crippen LogP contribution >= 0.6 is 0 Å². The van der Waals surface area contributed by atoms with Crippen LogP contribution in [0.4, 0.5) is 0 Å². The summed E-state index contributed by atoms with van der Waals surface area (Å²) in [6.07, 6.45) is 1.70. The van der Waals surface area contributed by atoms with Crippen molar-refractivity contribution in [2.24, 2.45) is 16.3 Å². The van der Waals surface area contributed by atoms with Crippen LogP contribution in [-0.4, -0.2) is 23.6 Å². The molecule has 1 atom stereocenters. The summed E-state index contributed by atoms with van der Waals surface area (Å²) in [5.41, 5.74) is 5.74. The highest BCUT2D eigenvalue weighted by Gasteiger charge is 2.10. The first kappa shape index (κ1) is 13.2. The molecule has 0 fully saturated rings. The molecule has 0 aromatic carbocycles. The predicted molar refractivity (Wildman–Crippen MR) is 59.6 cm³/mol. The number of hydrogen-bond acceptors (Lipinski definition) is 3. The number of amidine groups is 1. The van der Waals surface area contributed by atoms with E-state index in [9.17, 15) is 0 Å². The first-order valence-electron chi connectivity index (χ1n) is 5.05. The second-order valence-corrected chi connectivity index (χ2v) is 4.96. The van der Waals surface area contributed by atoms with Crippen molar-refractivity contribution in [1.82, 2.24) is 5.32 Å². The summed E-state index contributed by atoms with van der Waals surface area (Å²) in [5.74, 6) is 0.278. The van der Waals surface area contributed by atoms with Crippen LogP contribution < -0.4 is 11.1 Å². The van der Waals surface area contributed by atoms with Gasteiger partial charge in [-0.2, -0.15) is 0 Å². The minimum atomic E-state index is 0.258. The third-order valence-corrected chi connectivity index (χ3v) is 2.01. The van der Waals surface area contributed by atoms with E-state index in [1.165, 1.54) is 0 Å². The fourth-order valence-corrected chi connectivity index (χ4v) is 1.12. The van der Waals surface area contributed by atoms with Gasteiger partial charge in [0.1, 0.15) is 5.84 Å². The Labute approximate surface area is 86.6 Å². The lowest BCUT2D eigenvalue weighted by molar-refractivity contribution is 0.315. The highest BCUT2D eigenvalue weighted by molar-refractivity contribution is 5.80. The van der Waals surface area contributed by atoms with Gasteiger partial charge in [-0.25, -0.2) is 0 Å². The summed E-state index contributed by atoms with van der Waals surface area (Å²) in [7, 11) is 0. The molecule has 0 saturated heterocycles. The Bertz CT molecular complexity index is 184. The Morgan fingerprint density at radius 3 is 2.50 bits per heavy atom. The lowest BCUT2D eigenvalue weighted by atomic mass is 9.92. The summed E-state index contributed by atoms with van der Waals surface area (Å²) in [4.78, 5) is 0. The second-order valence-electron chi connectivity index (χ2n) is 4.96. The van der Waals surface area contributed by atoms with Crippen LogP contribution in [0.25, 0.3) is 0 Å². The van der Waals surface area contributed by atoms with E-state index in [1.54, 1.807) is 0 Å². The first-order valence-corrected chi connectivity index (χ1v) is 5.05. The maximum absolute atomic E-state index is 8.37. The molecule has 0 aliphatic rings. The van der Waals surface area contributed by atoms with Crippen molar-refractivity contribution >= 4 is 5.84 Å². The van der Waals surface area contributed by atoms with E-state index in [0.29, 0.717) is 11.8 Å². The standard InChI is InChI=1S/C10H23N3O/c1-8(7-9(11)13-14)12-6-5-10(2,3)4/h8,12,14H,5-7H2,1-4H3,(H2,11,13). The van der Waals surface area contributed by atoms with Gasteiger partial charge in [0, 0.05) is 12.5 Å². The van der Waals surface area contributed by atoms with Crippen LogP contribution in [-0.2, 0) is 0 Å². The maximum Gasteiger partial charge on any atom is 0.140 e. The molecule has 0 aliphatic carbocycles. The SMILES string of the molecule is CC(CC(N)=NO)NCCC(C)(C)C. The van der Waals surface area contributed by atoms with Gasteiger partial charge in [0.15, 0.2) is 0 Å². The number of oxime groups is 1. The van der Waals surface area contributed by atoms with Crippen molar-refractivity contribution in [2.45, 2.75) is 46.6 Å². The first-order chi connectivity index (χ1) is 6.35. The van der Waals surface area contributed by atoms with Gasteiger partial charge in [-0.05, 0) is 25.3 Å². The van der Waals surface area contributed by atoms with E-state index < -0.39 is 0 Å². The molecule has 0 spiro atoms. The minimum absolute atomic E-state index is 0.258. The average Bonchev–Trinajstić information content (AvgIpc) is 2.01. The van der Waals surface area contributed by atoms with E-state index in [4.69, 9.17) is 10.9 Å². The number of rotatable bonds is 5. The van der Waals surface area contributed by atoms with Gasteiger partial charge >= 0.3 is 0 Å². The van der Waals surface area contributed by atoms with Crippen molar-refractivity contribution in [1.29, 1.82) is 0 Å². The van der Waals surface area contributed by atoms with Crippen LogP contribution in [0.2, 0.25) is 0 Å².